The van der Waals surface area contributed by atoms with Crippen molar-refractivity contribution in [1.29, 1.82) is 0 Å². The first-order valence-corrected chi connectivity index (χ1v) is 10.9. The van der Waals surface area contributed by atoms with Gasteiger partial charge in [-0.1, -0.05) is 69.8 Å². The number of likely N-dealkylation sites (tertiary alicyclic amines) is 1. The molecular weight excluding hydrogens is 306 g/mol. The summed E-state index contributed by atoms with van der Waals surface area (Å²) in [6.45, 7) is 5.56. The van der Waals surface area contributed by atoms with Gasteiger partial charge in [0.1, 0.15) is 0 Å². The lowest BCUT2D eigenvalue weighted by molar-refractivity contribution is 0.0581. The minimum atomic E-state index is 0.503. The maximum Gasteiger partial charge on any atom is 0.0714 e. The summed E-state index contributed by atoms with van der Waals surface area (Å²) in [4.78, 5) is 2.36. The summed E-state index contributed by atoms with van der Waals surface area (Å²) in [5.41, 5.74) is 0. The molecule has 0 unspecified atom stereocenters. The molecule has 0 saturated carbocycles. The first-order chi connectivity index (χ1) is 12.3. The quantitative estimate of drug-likeness (QED) is 0.232. The summed E-state index contributed by atoms with van der Waals surface area (Å²) < 4.78 is 5.94. The van der Waals surface area contributed by atoms with Gasteiger partial charge in [0.2, 0.25) is 0 Å². The van der Waals surface area contributed by atoms with Crippen molar-refractivity contribution in [1.82, 2.24) is 4.90 Å². The third kappa shape index (κ3) is 14.3. The number of hydrogen-bond donors (Lipinski definition) is 0. The van der Waals surface area contributed by atoms with Crippen molar-refractivity contribution < 1.29 is 4.74 Å². The van der Waals surface area contributed by atoms with Crippen LogP contribution in [-0.2, 0) is 4.74 Å². The molecule has 0 spiro atoms. The van der Waals surface area contributed by atoms with E-state index in [9.17, 15) is 0 Å². The van der Waals surface area contributed by atoms with E-state index in [4.69, 9.17) is 4.74 Å². The highest BCUT2D eigenvalue weighted by Crippen LogP contribution is 2.12. The lowest BCUT2D eigenvalue weighted by atomic mass is 10.1. The average Bonchev–Trinajstić information content (AvgIpc) is 3.03. The Morgan fingerprint density at radius 3 is 2.12 bits per heavy atom. The minimum Gasteiger partial charge on any atom is -0.377 e. The predicted molar refractivity (Wildman–Crippen MR) is 111 cm³/mol. The highest BCUT2D eigenvalue weighted by molar-refractivity contribution is 4.92. The summed E-state index contributed by atoms with van der Waals surface area (Å²) in [5, 5.41) is 0. The van der Waals surface area contributed by atoms with Crippen molar-refractivity contribution in [3.05, 3.63) is 24.3 Å². The standard InChI is InChI=1S/C23H43NO/c1-3-4-5-6-7-8-9-10-11-12-13-14-15-16-17-18-21-25-23-19-20-24(2)22-23/h7-8,10-11,23H,3-6,9,12-22H2,1-2H3/b8-7-,11-10-/t23-/m1/s1. The van der Waals surface area contributed by atoms with Gasteiger partial charge in [-0.2, -0.15) is 0 Å². The Bertz CT molecular complexity index is 337. The van der Waals surface area contributed by atoms with E-state index in [1.54, 1.807) is 0 Å². The van der Waals surface area contributed by atoms with E-state index in [0.29, 0.717) is 6.10 Å². The Hall–Kier alpha value is -0.600. The molecule has 0 bridgehead atoms. The second-order valence-electron chi connectivity index (χ2n) is 7.63. The fourth-order valence-electron chi connectivity index (χ4n) is 3.37. The van der Waals surface area contributed by atoms with Crippen molar-refractivity contribution in [2.75, 3.05) is 26.7 Å². The van der Waals surface area contributed by atoms with Gasteiger partial charge in [-0.15, -0.1) is 0 Å². The number of allylic oxidation sites excluding steroid dienone is 4. The van der Waals surface area contributed by atoms with E-state index in [-0.39, 0.29) is 0 Å². The van der Waals surface area contributed by atoms with Crippen molar-refractivity contribution in [2.45, 2.75) is 96.5 Å². The average molecular weight is 350 g/mol. The van der Waals surface area contributed by atoms with Crippen molar-refractivity contribution in [3.8, 4) is 0 Å². The molecule has 1 fully saturated rings. The molecule has 0 amide bonds. The monoisotopic (exact) mass is 349 g/mol. The minimum absolute atomic E-state index is 0.503. The van der Waals surface area contributed by atoms with Crippen LogP contribution >= 0.6 is 0 Å². The molecule has 1 atom stereocenters. The first kappa shape index (κ1) is 22.4. The topological polar surface area (TPSA) is 12.5 Å². The molecule has 0 aromatic rings. The molecule has 2 nitrogen and oxygen atoms in total. The normalized spacial score (nSPS) is 18.9. The Labute approximate surface area is 157 Å². The molecule has 1 saturated heterocycles. The van der Waals surface area contributed by atoms with E-state index in [0.717, 1.165) is 19.6 Å². The SMILES string of the molecule is CCCCC/C=C\C/C=C\CCCCCCCCO[C@@H]1CCN(C)C1. The van der Waals surface area contributed by atoms with E-state index in [1.807, 2.05) is 0 Å². The molecule has 0 radical (unpaired) electrons. The Balaban J connectivity index is 1.74. The molecule has 0 aromatic heterocycles. The van der Waals surface area contributed by atoms with Crippen molar-refractivity contribution in [3.63, 3.8) is 0 Å². The van der Waals surface area contributed by atoms with Crippen LogP contribution in [0.5, 0.6) is 0 Å². The van der Waals surface area contributed by atoms with E-state index >= 15 is 0 Å². The van der Waals surface area contributed by atoms with Crippen LogP contribution in [0.15, 0.2) is 24.3 Å². The van der Waals surface area contributed by atoms with E-state index < -0.39 is 0 Å². The Morgan fingerprint density at radius 1 is 0.840 bits per heavy atom. The molecule has 1 rings (SSSR count). The van der Waals surface area contributed by atoms with Crippen LogP contribution in [-0.4, -0.2) is 37.7 Å². The fourth-order valence-corrected chi connectivity index (χ4v) is 3.37. The number of likely N-dealkylation sites (N-methyl/N-ethyl adjacent to an activating group) is 1. The van der Waals surface area contributed by atoms with E-state index in [1.165, 1.54) is 83.6 Å². The van der Waals surface area contributed by atoms with Gasteiger partial charge in [0.05, 0.1) is 6.10 Å². The number of rotatable bonds is 16. The van der Waals surface area contributed by atoms with Crippen LogP contribution in [0, 0.1) is 0 Å². The summed E-state index contributed by atoms with van der Waals surface area (Å²) in [5.74, 6) is 0. The maximum absolute atomic E-state index is 5.94. The number of nitrogens with zero attached hydrogens (tertiary/aromatic N) is 1. The zero-order valence-electron chi connectivity index (χ0n) is 17.1. The largest absolute Gasteiger partial charge is 0.377 e. The summed E-state index contributed by atoms with van der Waals surface area (Å²) in [6, 6.07) is 0. The third-order valence-corrected chi connectivity index (χ3v) is 5.05. The lowest BCUT2D eigenvalue weighted by Gasteiger charge is -2.11. The van der Waals surface area contributed by atoms with Gasteiger partial charge in [0, 0.05) is 19.7 Å². The summed E-state index contributed by atoms with van der Waals surface area (Å²) in [6.07, 6.45) is 26.8. The number of ether oxygens (including phenoxy) is 1. The van der Waals surface area contributed by atoms with Crippen LogP contribution < -0.4 is 0 Å². The number of unbranched alkanes of at least 4 members (excludes halogenated alkanes) is 9. The molecule has 1 heterocycles. The van der Waals surface area contributed by atoms with Crippen LogP contribution in [0.3, 0.4) is 0 Å². The Morgan fingerprint density at radius 2 is 1.48 bits per heavy atom. The molecular formula is C23H43NO. The molecule has 1 aliphatic rings. The summed E-state index contributed by atoms with van der Waals surface area (Å²) in [7, 11) is 2.18. The highest BCUT2D eigenvalue weighted by Gasteiger charge is 2.19. The van der Waals surface area contributed by atoms with E-state index in [2.05, 4.69) is 43.2 Å². The summed E-state index contributed by atoms with van der Waals surface area (Å²) >= 11 is 0. The molecule has 0 N–H and O–H groups in total. The zero-order valence-corrected chi connectivity index (χ0v) is 17.1. The number of hydrogen-bond acceptors (Lipinski definition) is 2. The highest BCUT2D eigenvalue weighted by atomic mass is 16.5. The smallest absolute Gasteiger partial charge is 0.0714 e. The molecule has 0 aromatic carbocycles. The van der Waals surface area contributed by atoms with Gasteiger partial charge in [0.25, 0.3) is 0 Å². The van der Waals surface area contributed by atoms with Crippen LogP contribution in [0.4, 0.5) is 0 Å². The van der Waals surface area contributed by atoms with Gasteiger partial charge in [-0.25, -0.2) is 0 Å². The van der Waals surface area contributed by atoms with Crippen molar-refractivity contribution in [2.24, 2.45) is 0 Å². The molecule has 146 valence electrons. The molecule has 1 aliphatic heterocycles. The molecule has 25 heavy (non-hydrogen) atoms. The van der Waals surface area contributed by atoms with Gasteiger partial charge >= 0.3 is 0 Å². The van der Waals surface area contributed by atoms with Gasteiger partial charge in [0.15, 0.2) is 0 Å². The fraction of sp³-hybridized carbons (Fsp3) is 0.826. The van der Waals surface area contributed by atoms with Gasteiger partial charge < -0.3 is 9.64 Å². The maximum atomic E-state index is 5.94. The second-order valence-corrected chi connectivity index (χ2v) is 7.63. The predicted octanol–water partition coefficient (Wildman–Crippen LogP) is 6.52. The van der Waals surface area contributed by atoms with Gasteiger partial charge in [-0.3, -0.25) is 0 Å². The van der Waals surface area contributed by atoms with Crippen LogP contribution in [0.2, 0.25) is 0 Å². The first-order valence-electron chi connectivity index (χ1n) is 10.9. The lowest BCUT2D eigenvalue weighted by Crippen LogP contribution is -2.19. The molecule has 2 heteroatoms. The second kappa shape index (κ2) is 16.8. The van der Waals surface area contributed by atoms with Gasteiger partial charge in [-0.05, 0) is 52.0 Å². The zero-order chi connectivity index (χ0) is 18.0. The van der Waals surface area contributed by atoms with Crippen LogP contribution in [0.25, 0.3) is 0 Å². The van der Waals surface area contributed by atoms with Crippen molar-refractivity contribution >= 4 is 0 Å². The Kier molecular flexibility index (Phi) is 15.1. The third-order valence-electron chi connectivity index (χ3n) is 5.05. The van der Waals surface area contributed by atoms with Crippen LogP contribution in [0.1, 0.15) is 90.4 Å². The molecule has 0 aliphatic carbocycles.